The van der Waals surface area contributed by atoms with Crippen molar-refractivity contribution < 1.29 is 0 Å². The Hall–Kier alpha value is -1.05. The minimum Gasteiger partial charge on any atom is -0.310 e. The molecule has 0 saturated carbocycles. The van der Waals surface area contributed by atoms with Crippen LogP contribution in [0.1, 0.15) is 26.3 Å². The van der Waals surface area contributed by atoms with Crippen molar-refractivity contribution in [3.05, 3.63) is 34.2 Å². The molecule has 12 heavy (non-hydrogen) atoms. The highest BCUT2D eigenvalue weighted by Crippen LogP contribution is 2.09. The first kappa shape index (κ1) is 9.04. The third-order valence-electron chi connectivity index (χ3n) is 1.80. The van der Waals surface area contributed by atoms with Crippen LogP contribution in [0.5, 0.6) is 0 Å². The lowest BCUT2D eigenvalue weighted by atomic mass is 10.1. The number of hydrogen-bond donors (Lipinski definition) is 0. The van der Waals surface area contributed by atoms with Crippen molar-refractivity contribution in [1.29, 1.82) is 0 Å². The van der Waals surface area contributed by atoms with Gasteiger partial charge in [-0.2, -0.15) is 0 Å². The fourth-order valence-electron chi connectivity index (χ4n) is 1.13. The number of pyridine rings is 1. The second kappa shape index (κ2) is 2.77. The van der Waals surface area contributed by atoms with E-state index in [2.05, 4.69) is 0 Å². The molecule has 1 aromatic rings. The van der Waals surface area contributed by atoms with Crippen LogP contribution in [-0.4, -0.2) is 4.57 Å². The van der Waals surface area contributed by atoms with E-state index in [0.29, 0.717) is 0 Å². The molecule has 0 aliphatic rings. The minimum absolute atomic E-state index is 0.0718. The van der Waals surface area contributed by atoms with E-state index in [1.54, 1.807) is 10.6 Å². The normalized spacial score (nSPS) is 11.7. The van der Waals surface area contributed by atoms with Gasteiger partial charge < -0.3 is 4.57 Å². The Balaban J connectivity index is 3.29. The lowest BCUT2D eigenvalue weighted by molar-refractivity contribution is 0.384. The first-order valence-electron chi connectivity index (χ1n) is 4.11. The molecule has 0 fully saturated rings. The molecule has 1 rings (SSSR count). The summed E-state index contributed by atoms with van der Waals surface area (Å²) in [6.07, 6.45) is 1.84. The van der Waals surface area contributed by atoms with Crippen LogP contribution in [0.3, 0.4) is 0 Å². The van der Waals surface area contributed by atoms with Gasteiger partial charge >= 0.3 is 0 Å². The van der Waals surface area contributed by atoms with E-state index in [9.17, 15) is 4.79 Å². The SMILES string of the molecule is Cc1ccn(C(C)(C)C)c(=O)c1. The lowest BCUT2D eigenvalue weighted by Gasteiger charge is -2.21. The smallest absolute Gasteiger partial charge is 0.251 e. The Labute approximate surface area is 72.8 Å². The summed E-state index contributed by atoms with van der Waals surface area (Å²) in [7, 11) is 0. The fourth-order valence-corrected chi connectivity index (χ4v) is 1.13. The highest BCUT2D eigenvalue weighted by atomic mass is 16.1. The summed E-state index contributed by atoms with van der Waals surface area (Å²) in [6.45, 7) is 7.98. The van der Waals surface area contributed by atoms with Gasteiger partial charge in [-0.1, -0.05) is 0 Å². The van der Waals surface area contributed by atoms with Crippen LogP contribution >= 0.6 is 0 Å². The maximum Gasteiger partial charge on any atom is 0.251 e. The molecular formula is C10H15NO. The van der Waals surface area contributed by atoms with Crippen molar-refractivity contribution >= 4 is 0 Å². The van der Waals surface area contributed by atoms with Crippen molar-refractivity contribution in [1.82, 2.24) is 4.57 Å². The fraction of sp³-hybridized carbons (Fsp3) is 0.500. The van der Waals surface area contributed by atoms with E-state index in [0.717, 1.165) is 5.56 Å². The third kappa shape index (κ3) is 1.76. The molecule has 0 spiro atoms. The average molecular weight is 165 g/mol. The summed E-state index contributed by atoms with van der Waals surface area (Å²) >= 11 is 0. The van der Waals surface area contributed by atoms with Gasteiger partial charge in [-0.05, 0) is 39.3 Å². The quantitative estimate of drug-likeness (QED) is 0.575. The maximum atomic E-state index is 11.4. The molecule has 0 aliphatic heterocycles. The van der Waals surface area contributed by atoms with Gasteiger partial charge in [0.1, 0.15) is 0 Å². The molecule has 2 heteroatoms. The summed E-state index contributed by atoms with van der Waals surface area (Å²) in [5.41, 5.74) is 0.966. The zero-order valence-electron chi connectivity index (χ0n) is 8.09. The Kier molecular flexibility index (Phi) is 2.09. The van der Waals surface area contributed by atoms with E-state index in [1.807, 2.05) is 40.0 Å². The Bertz CT molecular complexity index is 330. The molecule has 0 unspecified atom stereocenters. The number of hydrogen-bond acceptors (Lipinski definition) is 1. The summed E-state index contributed by atoms with van der Waals surface area (Å²) < 4.78 is 1.74. The van der Waals surface area contributed by atoms with Gasteiger partial charge in [0.25, 0.3) is 5.56 Å². The van der Waals surface area contributed by atoms with Gasteiger partial charge in [-0.15, -0.1) is 0 Å². The van der Waals surface area contributed by atoms with E-state index in [-0.39, 0.29) is 11.1 Å². The predicted molar refractivity (Wildman–Crippen MR) is 50.4 cm³/mol. The lowest BCUT2D eigenvalue weighted by Crippen LogP contribution is -2.32. The van der Waals surface area contributed by atoms with Crippen molar-refractivity contribution in [2.24, 2.45) is 0 Å². The molecule has 2 nitrogen and oxygen atoms in total. The largest absolute Gasteiger partial charge is 0.310 e. The standard InChI is InChI=1S/C10H15NO/c1-8-5-6-11(9(12)7-8)10(2,3)4/h5-7H,1-4H3. The van der Waals surface area contributed by atoms with Gasteiger partial charge in [0.15, 0.2) is 0 Å². The van der Waals surface area contributed by atoms with Crippen molar-refractivity contribution in [3.8, 4) is 0 Å². The Morgan fingerprint density at radius 1 is 1.33 bits per heavy atom. The zero-order valence-corrected chi connectivity index (χ0v) is 8.09. The third-order valence-corrected chi connectivity index (χ3v) is 1.80. The Morgan fingerprint density at radius 3 is 2.33 bits per heavy atom. The highest BCUT2D eigenvalue weighted by Gasteiger charge is 2.12. The molecule has 0 bridgehead atoms. The minimum atomic E-state index is -0.120. The molecular weight excluding hydrogens is 150 g/mol. The number of nitrogens with zero attached hydrogens (tertiary/aromatic N) is 1. The molecule has 0 atom stereocenters. The predicted octanol–water partition coefficient (Wildman–Crippen LogP) is 1.91. The second-order valence-corrected chi connectivity index (χ2v) is 4.08. The number of aryl methyl sites for hydroxylation is 1. The number of rotatable bonds is 0. The monoisotopic (exact) mass is 165 g/mol. The van der Waals surface area contributed by atoms with E-state index in [4.69, 9.17) is 0 Å². The average Bonchev–Trinajstić information content (AvgIpc) is 1.83. The first-order valence-corrected chi connectivity index (χ1v) is 4.11. The second-order valence-electron chi connectivity index (χ2n) is 4.08. The van der Waals surface area contributed by atoms with Crippen molar-refractivity contribution in [2.45, 2.75) is 33.2 Å². The van der Waals surface area contributed by atoms with Crippen LogP contribution in [-0.2, 0) is 5.54 Å². The van der Waals surface area contributed by atoms with Gasteiger partial charge in [-0.3, -0.25) is 4.79 Å². The summed E-state index contributed by atoms with van der Waals surface area (Å²) in [4.78, 5) is 11.4. The molecule has 1 aromatic heterocycles. The molecule has 0 saturated heterocycles. The molecule has 0 amide bonds. The van der Waals surface area contributed by atoms with Crippen LogP contribution in [0.2, 0.25) is 0 Å². The summed E-state index contributed by atoms with van der Waals surface area (Å²) in [6, 6.07) is 3.61. The highest BCUT2D eigenvalue weighted by molar-refractivity contribution is 5.09. The van der Waals surface area contributed by atoms with Gasteiger partial charge in [-0.25, -0.2) is 0 Å². The zero-order chi connectivity index (χ0) is 9.35. The van der Waals surface area contributed by atoms with E-state index in [1.165, 1.54) is 0 Å². The molecule has 0 radical (unpaired) electrons. The summed E-state index contributed by atoms with van der Waals surface area (Å²) in [5, 5.41) is 0. The van der Waals surface area contributed by atoms with Crippen LogP contribution < -0.4 is 5.56 Å². The van der Waals surface area contributed by atoms with E-state index < -0.39 is 0 Å². The number of aromatic nitrogens is 1. The van der Waals surface area contributed by atoms with E-state index >= 15 is 0 Å². The van der Waals surface area contributed by atoms with Crippen molar-refractivity contribution in [2.75, 3.05) is 0 Å². The molecule has 0 N–H and O–H groups in total. The van der Waals surface area contributed by atoms with Crippen molar-refractivity contribution in [3.63, 3.8) is 0 Å². The summed E-state index contributed by atoms with van der Waals surface area (Å²) in [5.74, 6) is 0. The van der Waals surface area contributed by atoms with Crippen LogP contribution in [0, 0.1) is 6.92 Å². The van der Waals surface area contributed by atoms with Crippen LogP contribution in [0.25, 0.3) is 0 Å². The molecule has 0 aromatic carbocycles. The topological polar surface area (TPSA) is 22.0 Å². The Morgan fingerprint density at radius 2 is 1.92 bits per heavy atom. The van der Waals surface area contributed by atoms with Crippen LogP contribution in [0.4, 0.5) is 0 Å². The maximum absolute atomic E-state index is 11.4. The first-order chi connectivity index (χ1) is 5.41. The molecule has 1 heterocycles. The van der Waals surface area contributed by atoms with Crippen LogP contribution in [0.15, 0.2) is 23.1 Å². The van der Waals surface area contributed by atoms with Gasteiger partial charge in [0.05, 0.1) is 0 Å². The molecule has 0 aliphatic carbocycles. The van der Waals surface area contributed by atoms with Gasteiger partial charge in [0.2, 0.25) is 0 Å². The molecule has 66 valence electrons. The van der Waals surface area contributed by atoms with Gasteiger partial charge in [0, 0.05) is 17.8 Å².